The van der Waals surface area contributed by atoms with Crippen LogP contribution in [0.15, 0.2) is 48.5 Å². The third kappa shape index (κ3) is 3.06. The van der Waals surface area contributed by atoms with Crippen molar-refractivity contribution in [1.29, 1.82) is 0 Å². The smallest absolute Gasteiger partial charge is 0.184 e. The first-order valence-electron chi connectivity index (χ1n) is 7.78. The number of rotatable bonds is 6. The second kappa shape index (κ2) is 6.57. The molecule has 0 amide bonds. The number of para-hydroxylation sites is 1. The van der Waals surface area contributed by atoms with Crippen molar-refractivity contribution in [2.24, 2.45) is 0 Å². The Morgan fingerprint density at radius 3 is 2.48 bits per heavy atom. The first kappa shape index (κ1) is 15.2. The van der Waals surface area contributed by atoms with E-state index >= 15 is 0 Å². The molecule has 0 saturated carbocycles. The molecule has 3 aromatic rings. The van der Waals surface area contributed by atoms with Crippen LogP contribution in [0.2, 0.25) is 0 Å². The fourth-order valence-electron chi connectivity index (χ4n) is 2.76. The van der Waals surface area contributed by atoms with Crippen molar-refractivity contribution < 1.29 is 9.59 Å². The zero-order valence-corrected chi connectivity index (χ0v) is 13.0. The van der Waals surface area contributed by atoms with Crippen molar-refractivity contribution in [3.05, 3.63) is 65.4 Å². The first-order chi connectivity index (χ1) is 11.2. The van der Waals surface area contributed by atoms with Gasteiger partial charge in [0.1, 0.15) is 5.69 Å². The lowest BCUT2D eigenvalue weighted by Gasteiger charge is -2.06. The van der Waals surface area contributed by atoms with E-state index in [0.29, 0.717) is 5.69 Å². The fraction of sp³-hybridized carbons (Fsp3) is 0.211. The van der Waals surface area contributed by atoms with E-state index in [1.165, 1.54) is 0 Å². The Morgan fingerprint density at radius 1 is 0.957 bits per heavy atom. The minimum atomic E-state index is -0.107. The molecule has 1 heterocycles. The van der Waals surface area contributed by atoms with E-state index in [1.54, 1.807) is 0 Å². The van der Waals surface area contributed by atoms with Gasteiger partial charge in [-0.15, -0.1) is 0 Å². The highest BCUT2D eigenvalue weighted by atomic mass is 16.1. The average Bonchev–Trinajstić information content (AvgIpc) is 3.03. The number of nitrogens with one attached hydrogen (secondary N) is 1. The van der Waals surface area contributed by atoms with Crippen molar-refractivity contribution in [3.63, 3.8) is 0 Å². The van der Waals surface area contributed by atoms with Crippen LogP contribution < -0.4 is 0 Å². The molecule has 1 N–H and O–H groups in total. The number of carbonyl (C=O) groups is 2. The fourth-order valence-corrected chi connectivity index (χ4v) is 2.76. The molecular weight excluding hydrogens is 288 g/mol. The molecule has 0 atom stereocenters. The van der Waals surface area contributed by atoms with Crippen LogP contribution in [-0.2, 0) is 6.42 Å². The van der Waals surface area contributed by atoms with Gasteiger partial charge in [0.05, 0.1) is 5.52 Å². The average molecular weight is 306 g/mol. The Balaban J connectivity index is 1.73. The van der Waals surface area contributed by atoms with Crippen LogP contribution in [0.3, 0.4) is 0 Å². The van der Waals surface area contributed by atoms with Gasteiger partial charge in [-0.05, 0) is 18.1 Å². The normalized spacial score (nSPS) is 10.8. The maximum absolute atomic E-state index is 12.4. The highest BCUT2D eigenvalue weighted by molar-refractivity contribution is 6.08. The van der Waals surface area contributed by atoms with E-state index in [1.807, 2.05) is 55.5 Å². The quantitative estimate of drug-likeness (QED) is 0.701. The Kier molecular flexibility index (Phi) is 4.33. The predicted octanol–water partition coefficient (Wildman–Crippen LogP) is 3.97. The van der Waals surface area contributed by atoms with Crippen LogP contribution in [0.4, 0.5) is 0 Å². The molecule has 23 heavy (non-hydrogen) atoms. The molecule has 0 saturated heterocycles. The number of nitrogens with zero attached hydrogens (tertiary/aromatic N) is 1. The first-order valence-corrected chi connectivity index (χ1v) is 7.78. The molecule has 0 aliphatic rings. The van der Waals surface area contributed by atoms with Crippen molar-refractivity contribution in [3.8, 4) is 0 Å². The van der Waals surface area contributed by atoms with E-state index in [0.717, 1.165) is 28.5 Å². The lowest BCUT2D eigenvalue weighted by molar-refractivity contribution is 0.0915. The van der Waals surface area contributed by atoms with Crippen LogP contribution in [-0.4, -0.2) is 21.8 Å². The number of aromatic amines is 1. The summed E-state index contributed by atoms with van der Waals surface area (Å²) >= 11 is 0. The topological polar surface area (TPSA) is 62.8 Å². The molecule has 4 nitrogen and oxygen atoms in total. The van der Waals surface area contributed by atoms with Gasteiger partial charge in [0.15, 0.2) is 11.6 Å². The molecule has 4 heteroatoms. The second-order valence-corrected chi connectivity index (χ2v) is 5.47. The number of fused-ring (bicyclic) bond motifs is 1. The molecule has 2 aromatic carbocycles. The summed E-state index contributed by atoms with van der Waals surface area (Å²) in [5.41, 5.74) is 2.99. The molecule has 0 aliphatic carbocycles. The van der Waals surface area contributed by atoms with E-state index in [4.69, 9.17) is 0 Å². The summed E-state index contributed by atoms with van der Waals surface area (Å²) < 4.78 is 0. The highest BCUT2D eigenvalue weighted by Gasteiger charge is 2.17. The van der Waals surface area contributed by atoms with Crippen molar-refractivity contribution >= 4 is 22.5 Å². The summed E-state index contributed by atoms with van der Waals surface area (Å²) in [4.78, 5) is 24.8. The van der Waals surface area contributed by atoms with Gasteiger partial charge in [0.25, 0.3) is 0 Å². The van der Waals surface area contributed by atoms with Gasteiger partial charge in [-0.2, -0.15) is 5.10 Å². The number of aryl methyl sites for hydroxylation is 1. The summed E-state index contributed by atoms with van der Waals surface area (Å²) in [5.74, 6) is -0.0968. The monoisotopic (exact) mass is 306 g/mol. The molecule has 0 bridgehead atoms. The predicted molar refractivity (Wildman–Crippen MR) is 89.8 cm³/mol. The van der Waals surface area contributed by atoms with Crippen molar-refractivity contribution in [1.82, 2.24) is 10.2 Å². The van der Waals surface area contributed by atoms with Crippen LogP contribution >= 0.6 is 0 Å². The lowest BCUT2D eigenvalue weighted by atomic mass is 9.97. The summed E-state index contributed by atoms with van der Waals surface area (Å²) in [5, 5.41) is 7.75. The maximum atomic E-state index is 12.4. The van der Waals surface area contributed by atoms with E-state index in [2.05, 4.69) is 10.2 Å². The molecule has 116 valence electrons. The van der Waals surface area contributed by atoms with Crippen LogP contribution in [0.1, 0.15) is 46.2 Å². The number of hydrogen-bond donors (Lipinski definition) is 1. The minimum absolute atomic E-state index is 0.00985. The van der Waals surface area contributed by atoms with Gasteiger partial charge in [-0.3, -0.25) is 14.7 Å². The number of H-pyrrole nitrogens is 1. The van der Waals surface area contributed by atoms with Gasteiger partial charge in [0, 0.05) is 23.8 Å². The molecule has 0 unspecified atom stereocenters. The molecule has 3 rings (SSSR count). The largest absolute Gasteiger partial charge is 0.294 e. The Labute approximate surface area is 134 Å². The number of hydrogen-bond acceptors (Lipinski definition) is 3. The van der Waals surface area contributed by atoms with Crippen LogP contribution in [0.5, 0.6) is 0 Å². The van der Waals surface area contributed by atoms with Crippen molar-refractivity contribution in [2.45, 2.75) is 26.2 Å². The molecule has 0 aliphatic heterocycles. The third-order valence-corrected chi connectivity index (χ3v) is 4.01. The molecule has 0 fully saturated rings. The molecule has 0 spiro atoms. The number of Topliss-reactive ketones (excluding diaryl/α,β-unsaturated/α-hetero) is 2. The van der Waals surface area contributed by atoms with Gasteiger partial charge < -0.3 is 0 Å². The Hall–Kier alpha value is -2.75. The number of benzene rings is 2. The number of ketones is 2. The van der Waals surface area contributed by atoms with E-state index in [9.17, 15) is 9.59 Å². The molecular formula is C19H18N2O2. The Bertz CT molecular complexity index is 864. The highest BCUT2D eigenvalue weighted by Crippen LogP contribution is 2.18. The zero-order valence-electron chi connectivity index (χ0n) is 13.0. The summed E-state index contributed by atoms with van der Waals surface area (Å²) in [7, 11) is 0. The van der Waals surface area contributed by atoms with E-state index in [-0.39, 0.29) is 24.4 Å². The van der Waals surface area contributed by atoms with Gasteiger partial charge in [0.2, 0.25) is 0 Å². The van der Waals surface area contributed by atoms with Crippen LogP contribution in [0, 0.1) is 0 Å². The van der Waals surface area contributed by atoms with Gasteiger partial charge in [-0.1, -0.05) is 49.4 Å². The van der Waals surface area contributed by atoms with Gasteiger partial charge >= 0.3 is 0 Å². The number of carbonyl (C=O) groups excluding carboxylic acids is 2. The summed E-state index contributed by atoms with van der Waals surface area (Å²) in [6.07, 6.45) is 1.18. The maximum Gasteiger partial charge on any atom is 0.184 e. The SMILES string of the molecule is CCc1ccccc1C(=O)CCC(=O)c1n[nH]c2ccccc12. The summed E-state index contributed by atoms with van der Waals surface area (Å²) in [6, 6.07) is 15.1. The lowest BCUT2D eigenvalue weighted by Crippen LogP contribution is -2.08. The van der Waals surface area contributed by atoms with E-state index < -0.39 is 0 Å². The zero-order chi connectivity index (χ0) is 16.2. The molecule has 1 aromatic heterocycles. The standard InChI is InChI=1S/C19H18N2O2/c1-2-13-7-3-4-8-14(13)17(22)11-12-18(23)19-15-9-5-6-10-16(15)20-21-19/h3-10H,2,11-12H2,1H3,(H,20,21). The van der Waals surface area contributed by atoms with Gasteiger partial charge in [-0.25, -0.2) is 0 Å². The summed E-state index contributed by atoms with van der Waals surface area (Å²) in [6.45, 7) is 2.02. The second-order valence-electron chi connectivity index (χ2n) is 5.47. The number of aromatic nitrogens is 2. The Morgan fingerprint density at radius 2 is 1.65 bits per heavy atom. The third-order valence-electron chi connectivity index (χ3n) is 4.01. The molecule has 0 radical (unpaired) electrons. The van der Waals surface area contributed by atoms with Crippen molar-refractivity contribution in [2.75, 3.05) is 0 Å². The minimum Gasteiger partial charge on any atom is -0.294 e. The van der Waals surface area contributed by atoms with Crippen LogP contribution in [0.25, 0.3) is 10.9 Å².